The SMILES string of the molecule is c1ccc(-c2ccc(N3c4cc([Si](c5ccccc5)(c5ccccc5)c5ccccc5)ccc4B4c5c(-c6ccccc6)cccc5N(c5cccc([Si](c6ccccc6)(c6ccccc6)c6ccccc6)c5)c5cc(-n6c7ccccc7c7ccccc76)cc3c54)cc2)cc1. The Labute approximate surface area is 563 Å². The number of anilines is 6. The summed E-state index contributed by atoms with van der Waals surface area (Å²) in [6.45, 7) is -0.218. The smallest absolute Gasteiger partial charge is 0.252 e. The zero-order valence-corrected chi connectivity index (χ0v) is 54.9. The van der Waals surface area contributed by atoms with Crippen LogP contribution in [0.2, 0.25) is 0 Å². The molecule has 0 saturated heterocycles. The van der Waals surface area contributed by atoms with E-state index in [4.69, 9.17) is 0 Å². The predicted molar refractivity (Wildman–Crippen MR) is 413 cm³/mol. The van der Waals surface area contributed by atoms with Crippen molar-refractivity contribution >= 4 is 137 Å². The van der Waals surface area contributed by atoms with Crippen LogP contribution in [0.4, 0.5) is 34.1 Å². The molecular formula is C90H64BN3Si2. The summed E-state index contributed by atoms with van der Waals surface area (Å²) in [5, 5.41) is 13.1. The molecule has 0 spiro atoms. The third kappa shape index (κ3) is 9.01. The van der Waals surface area contributed by atoms with Crippen LogP contribution in [0.25, 0.3) is 49.7 Å². The number of rotatable bonds is 13. The lowest BCUT2D eigenvalue weighted by atomic mass is 9.32. The van der Waals surface area contributed by atoms with Gasteiger partial charge in [0.05, 0.1) is 16.7 Å². The standard InChI is InChI=1S/C90H64BN3Si2/c1-9-31-65(32-10-1)66-55-57-68(58-56-66)92-86-64-78(96(74-42-19-6-20-43-74,75-44-21-7-22-45-75)76-46-23-8-24-47-76)59-60-82(86)91-89-79(67-33-11-2-12-34-67)51-30-54-85(89)93(88-63-70(62-87(92)90(88)91)94-83-52-27-25-49-80(83)81-50-26-28-53-84(81)94)69-35-29-48-77(61-69)95(71-36-13-3-14-37-71,72-38-15-4-16-39-72)73-40-17-5-18-41-73/h1-64H. The molecule has 2 aliphatic rings. The maximum atomic E-state index is 2.65. The number of hydrogen-bond acceptors (Lipinski definition) is 2. The fourth-order valence-corrected chi connectivity index (χ4v) is 26.0. The summed E-state index contributed by atoms with van der Waals surface area (Å²) in [4.78, 5) is 5.29. The van der Waals surface area contributed by atoms with Gasteiger partial charge in [-0.25, -0.2) is 0 Å². The van der Waals surface area contributed by atoms with E-state index in [1.165, 1.54) is 90.9 Å². The monoisotopic (exact) mass is 1250 g/mol. The minimum Gasteiger partial charge on any atom is -0.311 e. The Morgan fingerprint density at radius 2 is 0.604 bits per heavy atom. The Morgan fingerprint density at radius 3 is 1.08 bits per heavy atom. The van der Waals surface area contributed by atoms with E-state index >= 15 is 0 Å². The normalized spacial score (nSPS) is 12.5. The summed E-state index contributed by atoms with van der Waals surface area (Å²) < 4.78 is 2.53. The fourth-order valence-electron chi connectivity index (χ4n) is 16.5. The van der Waals surface area contributed by atoms with Crippen LogP contribution in [0.3, 0.4) is 0 Å². The summed E-state index contributed by atoms with van der Waals surface area (Å²) in [5.74, 6) is 0. The first kappa shape index (κ1) is 56.9. The van der Waals surface area contributed by atoms with Crippen molar-refractivity contribution in [1.82, 2.24) is 4.57 Å². The highest BCUT2D eigenvalue weighted by Crippen LogP contribution is 2.47. The van der Waals surface area contributed by atoms with E-state index < -0.39 is 16.1 Å². The molecule has 0 amide bonds. The first-order chi connectivity index (χ1) is 47.7. The fraction of sp³-hybridized carbons (Fsp3) is 0. The topological polar surface area (TPSA) is 11.4 Å². The molecule has 2 aliphatic heterocycles. The molecule has 0 saturated carbocycles. The number of benzene rings is 15. The Kier molecular flexibility index (Phi) is 14.0. The van der Waals surface area contributed by atoms with Gasteiger partial charge in [-0.2, -0.15) is 0 Å². The molecular weight excluding hydrogens is 1190 g/mol. The number of aromatic nitrogens is 1. The Hall–Kier alpha value is -11.8. The molecule has 3 heterocycles. The van der Waals surface area contributed by atoms with Gasteiger partial charge in [-0.15, -0.1) is 0 Å². The van der Waals surface area contributed by atoms with Crippen LogP contribution in [0.5, 0.6) is 0 Å². The second kappa shape index (κ2) is 23.6. The van der Waals surface area contributed by atoms with E-state index in [0.29, 0.717) is 0 Å². The van der Waals surface area contributed by atoms with Crippen LogP contribution in [0, 0.1) is 0 Å². The lowest BCUT2D eigenvalue weighted by molar-refractivity contribution is 1.16. The van der Waals surface area contributed by atoms with Gasteiger partial charge in [0.2, 0.25) is 0 Å². The van der Waals surface area contributed by atoms with E-state index in [-0.39, 0.29) is 6.71 Å². The summed E-state index contributed by atoms with van der Waals surface area (Å²) in [6, 6.07) is 147. The first-order valence-electron chi connectivity index (χ1n) is 33.3. The Morgan fingerprint density at radius 1 is 0.219 bits per heavy atom. The Balaban J connectivity index is 0.988. The third-order valence-electron chi connectivity index (χ3n) is 20.5. The molecule has 0 aliphatic carbocycles. The van der Waals surface area contributed by atoms with E-state index in [1.54, 1.807) is 0 Å². The molecule has 0 atom stereocenters. The van der Waals surface area contributed by atoms with Gasteiger partial charge < -0.3 is 14.4 Å². The van der Waals surface area contributed by atoms with Crippen molar-refractivity contribution in [2.75, 3.05) is 9.80 Å². The largest absolute Gasteiger partial charge is 0.311 e. The molecule has 96 heavy (non-hydrogen) atoms. The molecule has 3 nitrogen and oxygen atoms in total. The quantitative estimate of drug-likeness (QED) is 0.0842. The van der Waals surface area contributed by atoms with Gasteiger partial charge in [-0.1, -0.05) is 328 Å². The van der Waals surface area contributed by atoms with Crippen molar-refractivity contribution < 1.29 is 0 Å². The van der Waals surface area contributed by atoms with Crippen molar-refractivity contribution in [3.8, 4) is 27.9 Å². The van der Waals surface area contributed by atoms with E-state index in [1.807, 2.05) is 0 Å². The molecule has 15 aromatic carbocycles. The van der Waals surface area contributed by atoms with Crippen molar-refractivity contribution in [3.05, 3.63) is 388 Å². The lowest BCUT2D eigenvalue weighted by Gasteiger charge is -2.46. The second-order valence-electron chi connectivity index (χ2n) is 25.4. The highest BCUT2D eigenvalue weighted by Gasteiger charge is 2.49. The second-order valence-corrected chi connectivity index (χ2v) is 33.0. The average Bonchev–Trinajstić information content (AvgIpc) is 0.762. The van der Waals surface area contributed by atoms with E-state index in [0.717, 1.165) is 50.8 Å². The maximum Gasteiger partial charge on any atom is 0.252 e. The van der Waals surface area contributed by atoms with Crippen molar-refractivity contribution in [1.29, 1.82) is 0 Å². The number of fused-ring (bicyclic) bond motifs is 7. The highest BCUT2D eigenvalue weighted by molar-refractivity contribution is 7.20. The van der Waals surface area contributed by atoms with Crippen LogP contribution < -0.4 is 67.7 Å². The van der Waals surface area contributed by atoms with Gasteiger partial charge >= 0.3 is 0 Å². The van der Waals surface area contributed by atoms with Gasteiger partial charge in [0, 0.05) is 44.9 Å². The zero-order chi connectivity index (χ0) is 63.6. The van der Waals surface area contributed by atoms with E-state index in [2.05, 4.69) is 403 Å². The van der Waals surface area contributed by atoms with Gasteiger partial charge in [0.15, 0.2) is 16.1 Å². The van der Waals surface area contributed by atoms with E-state index in [9.17, 15) is 0 Å². The average molecular weight is 1250 g/mol. The number of hydrogen-bond donors (Lipinski definition) is 0. The van der Waals surface area contributed by atoms with Crippen LogP contribution in [0.1, 0.15) is 0 Å². The third-order valence-corrected chi connectivity index (χ3v) is 30.0. The predicted octanol–water partition coefficient (Wildman–Crippen LogP) is 15.0. The summed E-state index contributed by atoms with van der Waals surface area (Å²) in [5.41, 5.74) is 18.7. The van der Waals surface area contributed by atoms with Gasteiger partial charge in [-0.05, 0) is 141 Å². The van der Waals surface area contributed by atoms with Crippen molar-refractivity contribution in [2.45, 2.75) is 0 Å². The first-order valence-corrected chi connectivity index (χ1v) is 37.3. The lowest BCUT2D eigenvalue weighted by Crippen LogP contribution is -2.75. The molecule has 0 bridgehead atoms. The van der Waals surface area contributed by atoms with Crippen molar-refractivity contribution in [2.24, 2.45) is 0 Å². The molecule has 6 heteroatoms. The highest BCUT2D eigenvalue weighted by atomic mass is 28.3. The number of para-hydroxylation sites is 2. The Bertz CT molecular complexity index is 5280. The van der Waals surface area contributed by atoms with Gasteiger partial charge in [0.25, 0.3) is 6.71 Å². The summed E-state index contributed by atoms with van der Waals surface area (Å²) in [7, 11) is -6.14. The van der Waals surface area contributed by atoms with Crippen LogP contribution in [-0.4, -0.2) is 27.4 Å². The van der Waals surface area contributed by atoms with Crippen LogP contribution in [-0.2, 0) is 0 Å². The molecule has 0 N–H and O–H groups in total. The molecule has 1 aromatic heterocycles. The van der Waals surface area contributed by atoms with Crippen molar-refractivity contribution in [3.63, 3.8) is 0 Å². The zero-order valence-electron chi connectivity index (χ0n) is 52.9. The van der Waals surface area contributed by atoms with Gasteiger partial charge in [0.1, 0.15) is 0 Å². The molecule has 0 fully saturated rings. The summed E-state index contributed by atoms with van der Waals surface area (Å²) in [6.07, 6.45) is 0. The van der Waals surface area contributed by atoms with Crippen LogP contribution >= 0.6 is 0 Å². The molecule has 450 valence electrons. The molecule has 0 radical (unpaired) electrons. The van der Waals surface area contributed by atoms with Crippen LogP contribution in [0.15, 0.2) is 388 Å². The molecule has 18 rings (SSSR count). The minimum atomic E-state index is -3.10. The van der Waals surface area contributed by atoms with Gasteiger partial charge in [-0.3, -0.25) is 0 Å². The molecule has 16 aromatic rings. The number of nitrogens with zero attached hydrogens (tertiary/aromatic N) is 3. The minimum absolute atomic E-state index is 0.218. The maximum absolute atomic E-state index is 3.10. The molecule has 0 unspecified atom stereocenters. The summed E-state index contributed by atoms with van der Waals surface area (Å²) >= 11 is 0.